The Morgan fingerprint density at radius 3 is 1.86 bits per heavy atom. The third-order valence-electron chi connectivity index (χ3n) is 4.62. The number of rotatable bonds is 4. The first kappa shape index (κ1) is 18.3. The minimum Gasteiger partial charge on any atom is -0.373 e. The van der Waals surface area contributed by atoms with Crippen LogP contribution in [0.15, 0.2) is 11.9 Å². The Labute approximate surface area is 131 Å². The largest absolute Gasteiger partial charge is 0.373 e. The SMILES string of the molecule is CC(C)(C)C1=CN(C(C)(C)COC(C)(C)C(C)(C)C)NN1. The first-order valence-corrected chi connectivity index (χ1v) is 7.84. The molecule has 0 saturated carbocycles. The first-order valence-electron chi connectivity index (χ1n) is 7.84. The van der Waals surface area contributed by atoms with E-state index >= 15 is 0 Å². The Hall–Kier alpha value is -0.740. The van der Waals surface area contributed by atoms with E-state index in [0.29, 0.717) is 6.61 Å². The van der Waals surface area contributed by atoms with E-state index in [0.717, 1.165) is 0 Å². The molecule has 0 unspecified atom stereocenters. The summed E-state index contributed by atoms with van der Waals surface area (Å²) in [6.45, 7) is 22.6. The van der Waals surface area contributed by atoms with E-state index in [1.165, 1.54) is 5.70 Å². The van der Waals surface area contributed by atoms with Crippen molar-refractivity contribution in [3.05, 3.63) is 11.9 Å². The van der Waals surface area contributed by atoms with Crippen LogP contribution in [0.4, 0.5) is 0 Å². The summed E-state index contributed by atoms with van der Waals surface area (Å²) in [5.41, 5.74) is 7.58. The van der Waals surface area contributed by atoms with Crippen LogP contribution >= 0.6 is 0 Å². The van der Waals surface area contributed by atoms with E-state index < -0.39 is 0 Å². The van der Waals surface area contributed by atoms with Gasteiger partial charge in [0.1, 0.15) is 0 Å². The quantitative estimate of drug-likeness (QED) is 0.827. The number of hydrogen-bond donors (Lipinski definition) is 2. The molecule has 4 heteroatoms. The van der Waals surface area contributed by atoms with Crippen LogP contribution < -0.4 is 11.0 Å². The Kier molecular flexibility index (Phi) is 4.77. The summed E-state index contributed by atoms with van der Waals surface area (Å²) in [5.74, 6) is 0. The minimum atomic E-state index is -0.173. The van der Waals surface area contributed by atoms with Crippen LogP contribution in [0.3, 0.4) is 0 Å². The third-order valence-corrected chi connectivity index (χ3v) is 4.62. The van der Waals surface area contributed by atoms with Gasteiger partial charge >= 0.3 is 0 Å². The minimum absolute atomic E-state index is 0.101. The highest BCUT2D eigenvalue weighted by Crippen LogP contribution is 2.34. The second-order valence-electron chi connectivity index (χ2n) is 9.26. The summed E-state index contributed by atoms with van der Waals surface area (Å²) < 4.78 is 6.25. The summed E-state index contributed by atoms with van der Waals surface area (Å²) in [4.78, 5) is 0. The number of hydrazine groups is 2. The van der Waals surface area contributed by atoms with Gasteiger partial charge in [0.15, 0.2) is 0 Å². The van der Waals surface area contributed by atoms with Crippen LogP contribution in [-0.2, 0) is 4.74 Å². The van der Waals surface area contributed by atoms with Gasteiger partial charge in [-0.05, 0) is 33.1 Å². The first-order chi connectivity index (χ1) is 9.17. The van der Waals surface area contributed by atoms with Crippen LogP contribution in [0.1, 0.15) is 69.2 Å². The normalized spacial score (nSPS) is 17.8. The molecule has 0 aromatic rings. The van der Waals surface area contributed by atoms with Crippen molar-refractivity contribution in [2.24, 2.45) is 10.8 Å². The lowest BCUT2D eigenvalue weighted by Crippen LogP contribution is -2.54. The van der Waals surface area contributed by atoms with Crippen LogP contribution in [-0.4, -0.2) is 22.8 Å². The molecule has 0 amide bonds. The average molecular weight is 297 g/mol. The molecule has 0 fully saturated rings. The Morgan fingerprint density at radius 2 is 1.48 bits per heavy atom. The van der Waals surface area contributed by atoms with Crippen molar-refractivity contribution >= 4 is 0 Å². The summed E-state index contributed by atoms with van der Waals surface area (Å²) in [6, 6.07) is 0. The van der Waals surface area contributed by atoms with Gasteiger partial charge in [-0.25, -0.2) is 0 Å². The fourth-order valence-corrected chi connectivity index (χ4v) is 1.66. The molecule has 1 heterocycles. The molecule has 4 nitrogen and oxygen atoms in total. The van der Waals surface area contributed by atoms with Gasteiger partial charge < -0.3 is 10.2 Å². The van der Waals surface area contributed by atoms with Crippen LogP contribution in [0.25, 0.3) is 0 Å². The molecule has 1 aliphatic rings. The summed E-state index contributed by atoms with van der Waals surface area (Å²) >= 11 is 0. The lowest BCUT2D eigenvalue weighted by Gasteiger charge is -2.43. The molecule has 1 aliphatic heterocycles. The van der Waals surface area contributed by atoms with Gasteiger partial charge in [-0.2, -0.15) is 0 Å². The fraction of sp³-hybridized carbons (Fsp3) is 0.882. The number of allylic oxidation sites excluding steroid dienone is 1. The Balaban J connectivity index is 2.74. The molecule has 0 aromatic carbocycles. The maximum Gasteiger partial charge on any atom is 0.0752 e. The van der Waals surface area contributed by atoms with Crippen molar-refractivity contribution in [2.75, 3.05) is 6.61 Å². The van der Waals surface area contributed by atoms with E-state index in [-0.39, 0.29) is 22.0 Å². The van der Waals surface area contributed by atoms with E-state index in [9.17, 15) is 0 Å². The average Bonchev–Trinajstić information content (AvgIpc) is 2.74. The topological polar surface area (TPSA) is 36.5 Å². The predicted octanol–water partition coefficient (Wildman–Crippen LogP) is 3.82. The van der Waals surface area contributed by atoms with Crippen molar-refractivity contribution in [1.82, 2.24) is 16.0 Å². The monoisotopic (exact) mass is 297 g/mol. The van der Waals surface area contributed by atoms with Crippen LogP contribution in [0, 0.1) is 10.8 Å². The molecule has 21 heavy (non-hydrogen) atoms. The maximum atomic E-state index is 6.25. The van der Waals surface area contributed by atoms with Gasteiger partial charge in [0.2, 0.25) is 0 Å². The number of hydrogen-bond acceptors (Lipinski definition) is 4. The highest BCUT2D eigenvalue weighted by Gasteiger charge is 2.38. The number of nitrogens with one attached hydrogen (secondary N) is 2. The molecule has 124 valence electrons. The Bertz CT molecular complexity index is 397. The van der Waals surface area contributed by atoms with Crippen molar-refractivity contribution in [1.29, 1.82) is 0 Å². The smallest absolute Gasteiger partial charge is 0.0752 e. The zero-order chi connectivity index (χ0) is 16.7. The lowest BCUT2D eigenvalue weighted by molar-refractivity contribution is -0.122. The molecule has 0 aliphatic carbocycles. The number of ether oxygens (including phenoxy) is 1. The van der Waals surface area contributed by atoms with Crippen molar-refractivity contribution in [3.8, 4) is 0 Å². The van der Waals surface area contributed by atoms with Crippen molar-refractivity contribution in [2.45, 2.75) is 80.4 Å². The molecule has 1 rings (SSSR count). The molecule has 0 atom stereocenters. The zero-order valence-corrected chi connectivity index (χ0v) is 15.6. The fourth-order valence-electron chi connectivity index (χ4n) is 1.66. The van der Waals surface area contributed by atoms with E-state index in [4.69, 9.17) is 4.74 Å². The molecular formula is C17H35N3O. The highest BCUT2D eigenvalue weighted by molar-refractivity contribution is 5.12. The molecule has 0 aromatic heterocycles. The van der Waals surface area contributed by atoms with Gasteiger partial charge in [0, 0.05) is 11.6 Å². The lowest BCUT2D eigenvalue weighted by atomic mass is 9.79. The second kappa shape index (κ2) is 5.47. The summed E-state index contributed by atoms with van der Waals surface area (Å²) in [5, 5.41) is 2.10. The molecule has 0 radical (unpaired) electrons. The summed E-state index contributed by atoms with van der Waals surface area (Å²) in [6.07, 6.45) is 2.15. The summed E-state index contributed by atoms with van der Waals surface area (Å²) in [7, 11) is 0. The van der Waals surface area contributed by atoms with Gasteiger partial charge in [-0.1, -0.05) is 41.5 Å². The van der Waals surface area contributed by atoms with Crippen LogP contribution in [0.2, 0.25) is 0 Å². The third kappa shape index (κ3) is 4.36. The number of nitrogens with zero attached hydrogens (tertiary/aromatic N) is 1. The standard InChI is InChI=1S/C17H35N3O/c1-14(2,3)13-11-20(19-18-13)16(7,8)12-21-17(9,10)15(4,5)6/h11,18-19H,12H2,1-10H3. The van der Waals surface area contributed by atoms with Gasteiger partial charge in [0.25, 0.3) is 0 Å². The Morgan fingerprint density at radius 1 is 0.952 bits per heavy atom. The molecule has 0 saturated heterocycles. The second-order valence-corrected chi connectivity index (χ2v) is 9.26. The predicted molar refractivity (Wildman–Crippen MR) is 89.2 cm³/mol. The van der Waals surface area contributed by atoms with E-state index in [2.05, 4.69) is 91.4 Å². The van der Waals surface area contributed by atoms with Gasteiger partial charge in [0.05, 0.1) is 23.4 Å². The molecule has 0 bridgehead atoms. The zero-order valence-electron chi connectivity index (χ0n) is 15.6. The van der Waals surface area contributed by atoms with Gasteiger partial charge in [-0.3, -0.25) is 5.01 Å². The van der Waals surface area contributed by atoms with Crippen molar-refractivity contribution in [3.63, 3.8) is 0 Å². The van der Waals surface area contributed by atoms with Crippen LogP contribution in [0.5, 0.6) is 0 Å². The van der Waals surface area contributed by atoms with Crippen molar-refractivity contribution < 1.29 is 4.74 Å². The van der Waals surface area contributed by atoms with E-state index in [1.807, 2.05) is 0 Å². The molecule has 0 spiro atoms. The maximum absolute atomic E-state index is 6.25. The molecular weight excluding hydrogens is 262 g/mol. The van der Waals surface area contributed by atoms with Gasteiger partial charge in [-0.15, -0.1) is 5.53 Å². The molecule has 2 N–H and O–H groups in total. The highest BCUT2D eigenvalue weighted by atomic mass is 16.5. The van der Waals surface area contributed by atoms with E-state index in [1.54, 1.807) is 0 Å².